The van der Waals surface area contributed by atoms with Gasteiger partial charge in [0.15, 0.2) is 11.5 Å². The molecule has 4 heterocycles. The predicted octanol–water partition coefficient (Wildman–Crippen LogP) is 4.21. The molecule has 0 aliphatic heterocycles. The van der Waals surface area contributed by atoms with Gasteiger partial charge in [0.2, 0.25) is 0 Å². The highest BCUT2D eigenvalue weighted by atomic mass is 16.1. The van der Waals surface area contributed by atoms with E-state index in [1.54, 1.807) is 30.9 Å². The van der Waals surface area contributed by atoms with Crippen LogP contribution in [-0.2, 0) is 0 Å². The topological polar surface area (TPSA) is 124 Å². The summed E-state index contributed by atoms with van der Waals surface area (Å²) in [5.74, 6) is 6.10. The Labute approximate surface area is 223 Å². The number of rotatable bonds is 4. The standard InChI is InChI=1S/C30H22N8O/c1-19(34-30(39)24-28(31)37-38-18-6-15-33-29(24)38)25-27(21-7-3-2-4-8-21)36-26-22(9-5-10-23(26)35-25)12-11-20-13-16-32-17-14-20/h2-10,13-19H,1H3,(H2,31,37)(H,34,39)/t19-/m1/s1. The highest BCUT2D eigenvalue weighted by Gasteiger charge is 2.24. The lowest BCUT2D eigenvalue weighted by atomic mass is 10.0. The van der Waals surface area contributed by atoms with Gasteiger partial charge in [0.25, 0.3) is 5.91 Å². The first-order valence-electron chi connectivity index (χ1n) is 12.3. The summed E-state index contributed by atoms with van der Waals surface area (Å²) in [5, 5.41) is 7.22. The van der Waals surface area contributed by atoms with Crippen molar-refractivity contribution in [2.24, 2.45) is 0 Å². The zero-order chi connectivity index (χ0) is 26.8. The summed E-state index contributed by atoms with van der Waals surface area (Å²) >= 11 is 0. The van der Waals surface area contributed by atoms with Crippen molar-refractivity contribution in [2.45, 2.75) is 13.0 Å². The third-order valence-electron chi connectivity index (χ3n) is 6.20. The van der Waals surface area contributed by atoms with Gasteiger partial charge in [-0.2, -0.15) is 0 Å². The van der Waals surface area contributed by atoms with Crippen LogP contribution >= 0.6 is 0 Å². The number of amides is 1. The van der Waals surface area contributed by atoms with Crippen LogP contribution in [0.4, 0.5) is 5.82 Å². The van der Waals surface area contributed by atoms with E-state index in [-0.39, 0.29) is 11.4 Å². The Morgan fingerprint density at radius 2 is 1.77 bits per heavy atom. The monoisotopic (exact) mass is 510 g/mol. The lowest BCUT2D eigenvalue weighted by Crippen LogP contribution is -2.28. The van der Waals surface area contributed by atoms with Crippen molar-refractivity contribution in [1.82, 2.24) is 34.9 Å². The Bertz CT molecular complexity index is 1890. The lowest BCUT2D eigenvalue weighted by Gasteiger charge is -2.18. The third-order valence-corrected chi connectivity index (χ3v) is 6.20. The molecule has 39 heavy (non-hydrogen) atoms. The first kappa shape index (κ1) is 23.8. The van der Waals surface area contributed by atoms with Crippen LogP contribution < -0.4 is 11.1 Å². The number of pyridine rings is 1. The number of nitrogens with one attached hydrogen (secondary N) is 1. The first-order chi connectivity index (χ1) is 19.1. The van der Waals surface area contributed by atoms with Crippen LogP contribution in [-0.4, -0.2) is 35.5 Å². The smallest absolute Gasteiger partial charge is 0.259 e. The maximum atomic E-state index is 13.4. The van der Waals surface area contributed by atoms with Crippen LogP contribution in [0.1, 0.15) is 40.1 Å². The molecule has 0 aliphatic rings. The first-order valence-corrected chi connectivity index (χ1v) is 12.3. The number of carbonyl (C=O) groups is 1. The number of nitrogens with two attached hydrogens (primary N) is 1. The minimum Gasteiger partial charge on any atom is -0.381 e. The fourth-order valence-corrected chi connectivity index (χ4v) is 4.34. The van der Waals surface area contributed by atoms with E-state index in [0.717, 1.165) is 16.7 Å². The van der Waals surface area contributed by atoms with E-state index in [2.05, 4.69) is 32.2 Å². The molecule has 2 aromatic carbocycles. The summed E-state index contributed by atoms with van der Waals surface area (Å²) in [6, 6.07) is 20.4. The second-order valence-corrected chi connectivity index (χ2v) is 8.83. The number of hydrogen-bond donors (Lipinski definition) is 2. The molecule has 9 heteroatoms. The van der Waals surface area contributed by atoms with E-state index in [9.17, 15) is 4.79 Å². The molecule has 9 nitrogen and oxygen atoms in total. The van der Waals surface area contributed by atoms with Crippen molar-refractivity contribution in [3.63, 3.8) is 0 Å². The molecule has 0 aliphatic carbocycles. The van der Waals surface area contributed by atoms with E-state index in [4.69, 9.17) is 15.7 Å². The van der Waals surface area contributed by atoms with E-state index < -0.39 is 11.9 Å². The molecule has 0 spiro atoms. The minimum absolute atomic E-state index is 0.101. The fourth-order valence-electron chi connectivity index (χ4n) is 4.34. The normalized spacial score (nSPS) is 11.6. The van der Waals surface area contributed by atoms with Gasteiger partial charge in [0.1, 0.15) is 11.1 Å². The molecule has 6 rings (SSSR count). The van der Waals surface area contributed by atoms with Crippen LogP contribution in [0.15, 0.2) is 91.5 Å². The van der Waals surface area contributed by atoms with Gasteiger partial charge >= 0.3 is 0 Å². The summed E-state index contributed by atoms with van der Waals surface area (Å²) in [6.45, 7) is 1.86. The van der Waals surface area contributed by atoms with Gasteiger partial charge in [-0.3, -0.25) is 9.78 Å². The van der Waals surface area contributed by atoms with Gasteiger partial charge in [-0.05, 0) is 37.3 Å². The highest BCUT2D eigenvalue weighted by Crippen LogP contribution is 2.29. The molecule has 4 aromatic heterocycles. The molecule has 188 valence electrons. The van der Waals surface area contributed by atoms with Crippen molar-refractivity contribution >= 4 is 28.4 Å². The third kappa shape index (κ3) is 4.63. The minimum atomic E-state index is -0.505. The molecule has 0 unspecified atom stereocenters. The molecular formula is C30H22N8O. The summed E-state index contributed by atoms with van der Waals surface area (Å²) in [7, 11) is 0. The molecule has 6 aromatic rings. The van der Waals surface area contributed by atoms with Gasteiger partial charge in [0.05, 0.1) is 28.5 Å². The Morgan fingerprint density at radius 3 is 2.59 bits per heavy atom. The number of benzene rings is 2. The van der Waals surface area contributed by atoms with Crippen LogP contribution in [0.2, 0.25) is 0 Å². The van der Waals surface area contributed by atoms with Crippen molar-refractivity contribution in [3.05, 3.63) is 114 Å². The molecule has 0 saturated carbocycles. The quantitative estimate of drug-likeness (QED) is 0.341. The summed E-state index contributed by atoms with van der Waals surface area (Å²) in [5.41, 5.74) is 11.8. The van der Waals surface area contributed by atoms with Crippen LogP contribution in [0.3, 0.4) is 0 Å². The van der Waals surface area contributed by atoms with E-state index in [1.807, 2.05) is 67.6 Å². The summed E-state index contributed by atoms with van der Waals surface area (Å²) in [4.78, 5) is 31.7. The number of carbonyl (C=O) groups excluding carboxylic acids is 1. The molecular weight excluding hydrogens is 488 g/mol. The number of nitrogen functional groups attached to an aromatic ring is 1. The van der Waals surface area contributed by atoms with E-state index >= 15 is 0 Å². The van der Waals surface area contributed by atoms with E-state index in [0.29, 0.717) is 28.1 Å². The molecule has 3 N–H and O–H groups in total. The Balaban J connectivity index is 1.43. The Hall–Kier alpha value is -5.62. The number of nitrogens with zero attached hydrogens (tertiary/aromatic N) is 6. The second-order valence-electron chi connectivity index (χ2n) is 8.83. The molecule has 1 atom stereocenters. The van der Waals surface area contributed by atoms with Gasteiger partial charge in [-0.15, -0.1) is 5.10 Å². The van der Waals surface area contributed by atoms with Gasteiger partial charge < -0.3 is 11.1 Å². The number of para-hydroxylation sites is 1. The van der Waals surface area contributed by atoms with Crippen LogP contribution in [0.5, 0.6) is 0 Å². The van der Waals surface area contributed by atoms with Crippen molar-refractivity contribution in [2.75, 3.05) is 5.73 Å². The molecule has 0 radical (unpaired) electrons. The van der Waals surface area contributed by atoms with Gasteiger partial charge in [-0.25, -0.2) is 19.5 Å². The zero-order valence-electron chi connectivity index (χ0n) is 20.9. The highest BCUT2D eigenvalue weighted by molar-refractivity contribution is 6.04. The molecule has 0 saturated heterocycles. The Kier molecular flexibility index (Phi) is 6.11. The largest absolute Gasteiger partial charge is 0.381 e. The maximum Gasteiger partial charge on any atom is 0.259 e. The summed E-state index contributed by atoms with van der Waals surface area (Å²) < 4.78 is 1.48. The summed E-state index contributed by atoms with van der Waals surface area (Å²) in [6.07, 6.45) is 6.70. The van der Waals surface area contributed by atoms with Crippen LogP contribution in [0, 0.1) is 11.8 Å². The average Bonchev–Trinajstić information content (AvgIpc) is 3.32. The van der Waals surface area contributed by atoms with Gasteiger partial charge in [0, 0.05) is 35.9 Å². The van der Waals surface area contributed by atoms with Crippen molar-refractivity contribution in [3.8, 4) is 23.1 Å². The molecule has 1 amide bonds. The van der Waals surface area contributed by atoms with Crippen molar-refractivity contribution < 1.29 is 4.79 Å². The van der Waals surface area contributed by atoms with Crippen LogP contribution in [0.25, 0.3) is 27.9 Å². The number of hydrogen-bond acceptors (Lipinski definition) is 7. The maximum absolute atomic E-state index is 13.4. The molecule has 0 fully saturated rings. The van der Waals surface area contributed by atoms with Crippen molar-refractivity contribution in [1.29, 1.82) is 0 Å². The average molecular weight is 511 g/mol. The Morgan fingerprint density at radius 1 is 0.949 bits per heavy atom. The fraction of sp³-hybridized carbons (Fsp3) is 0.0667. The second kappa shape index (κ2) is 10.0. The number of aromatic nitrogens is 6. The number of anilines is 1. The number of fused-ring (bicyclic) bond motifs is 2. The van der Waals surface area contributed by atoms with E-state index in [1.165, 1.54) is 4.52 Å². The van der Waals surface area contributed by atoms with Gasteiger partial charge in [-0.1, -0.05) is 48.2 Å². The predicted molar refractivity (Wildman–Crippen MR) is 148 cm³/mol. The molecule has 0 bridgehead atoms. The zero-order valence-corrected chi connectivity index (χ0v) is 20.9. The lowest BCUT2D eigenvalue weighted by molar-refractivity contribution is 0.0941. The SMILES string of the molecule is C[C@@H](NC(=O)c1c(N)nn2cccnc12)c1nc2cccc(C#Cc3ccncc3)c2nc1-c1ccccc1.